The fraction of sp³-hybridized carbons (Fsp3) is 0.435. The molecule has 0 amide bonds. The Morgan fingerprint density at radius 1 is 0.964 bits per heavy atom. The summed E-state index contributed by atoms with van der Waals surface area (Å²) >= 11 is 0. The standard InChI is InChI=1S/C23H27NO4/c1-27-19-12-18(13-20(14-19)28-2)16-3-5-21-17(11-16)4-6-22(21)24-9-7-15(8-10-24)23(25)26/h3,5,11-15,22H,4,6-10H2,1-2H3,(H,25,26). The van der Waals surface area contributed by atoms with Crippen LogP contribution in [0.5, 0.6) is 11.5 Å². The van der Waals surface area contributed by atoms with Gasteiger partial charge in [0, 0.05) is 12.1 Å². The summed E-state index contributed by atoms with van der Waals surface area (Å²) in [4.78, 5) is 13.7. The molecule has 0 spiro atoms. The van der Waals surface area contributed by atoms with E-state index in [0.717, 1.165) is 55.8 Å². The molecular weight excluding hydrogens is 354 g/mol. The molecule has 0 aromatic heterocycles. The van der Waals surface area contributed by atoms with Gasteiger partial charge < -0.3 is 14.6 Å². The number of carbonyl (C=O) groups is 1. The van der Waals surface area contributed by atoms with E-state index in [1.165, 1.54) is 16.7 Å². The van der Waals surface area contributed by atoms with E-state index in [0.29, 0.717) is 6.04 Å². The molecule has 5 nitrogen and oxygen atoms in total. The van der Waals surface area contributed by atoms with Crippen molar-refractivity contribution < 1.29 is 19.4 Å². The maximum Gasteiger partial charge on any atom is 0.306 e. The summed E-state index contributed by atoms with van der Waals surface area (Å²) in [6.45, 7) is 1.74. The number of aryl methyl sites for hydroxylation is 1. The van der Waals surface area contributed by atoms with Crippen molar-refractivity contribution >= 4 is 5.97 Å². The topological polar surface area (TPSA) is 59.0 Å². The summed E-state index contributed by atoms with van der Waals surface area (Å²) in [6.07, 6.45) is 3.68. The fourth-order valence-corrected chi connectivity index (χ4v) is 4.59. The van der Waals surface area contributed by atoms with Crippen LogP contribution in [0.2, 0.25) is 0 Å². The number of piperidine rings is 1. The van der Waals surface area contributed by atoms with E-state index in [1.54, 1.807) is 14.2 Å². The molecule has 1 aliphatic carbocycles. The van der Waals surface area contributed by atoms with Gasteiger partial charge in [-0.2, -0.15) is 0 Å². The number of hydrogen-bond acceptors (Lipinski definition) is 4. The highest BCUT2D eigenvalue weighted by Gasteiger charge is 2.32. The molecule has 1 aliphatic heterocycles. The highest BCUT2D eigenvalue weighted by atomic mass is 16.5. The van der Waals surface area contributed by atoms with Crippen molar-refractivity contribution in [1.82, 2.24) is 4.90 Å². The van der Waals surface area contributed by atoms with Crippen LogP contribution in [0, 0.1) is 5.92 Å². The zero-order chi connectivity index (χ0) is 19.7. The summed E-state index contributed by atoms with van der Waals surface area (Å²) in [5.74, 6) is 0.746. The summed E-state index contributed by atoms with van der Waals surface area (Å²) in [5, 5.41) is 9.22. The Morgan fingerprint density at radius 3 is 2.25 bits per heavy atom. The Hall–Kier alpha value is -2.53. The van der Waals surface area contributed by atoms with Crippen LogP contribution in [0.1, 0.15) is 36.4 Å². The van der Waals surface area contributed by atoms with Crippen molar-refractivity contribution in [2.24, 2.45) is 5.92 Å². The Labute approximate surface area is 165 Å². The van der Waals surface area contributed by atoms with Gasteiger partial charge in [-0.05, 0) is 73.2 Å². The minimum atomic E-state index is -0.648. The van der Waals surface area contributed by atoms with E-state index < -0.39 is 5.97 Å². The summed E-state index contributed by atoms with van der Waals surface area (Å²) in [7, 11) is 3.33. The van der Waals surface area contributed by atoms with Crippen molar-refractivity contribution in [3.05, 3.63) is 47.5 Å². The molecule has 0 bridgehead atoms. The number of methoxy groups -OCH3 is 2. The van der Waals surface area contributed by atoms with E-state index in [9.17, 15) is 9.90 Å². The Morgan fingerprint density at radius 2 is 1.64 bits per heavy atom. The zero-order valence-corrected chi connectivity index (χ0v) is 16.5. The first-order chi connectivity index (χ1) is 13.6. The van der Waals surface area contributed by atoms with Gasteiger partial charge in [0.15, 0.2) is 0 Å². The first-order valence-electron chi connectivity index (χ1n) is 9.92. The van der Waals surface area contributed by atoms with E-state index in [1.807, 2.05) is 18.2 Å². The molecule has 2 aliphatic rings. The highest BCUT2D eigenvalue weighted by Crippen LogP contribution is 2.40. The molecule has 0 radical (unpaired) electrons. The van der Waals surface area contributed by atoms with Gasteiger partial charge in [-0.3, -0.25) is 9.69 Å². The minimum absolute atomic E-state index is 0.178. The average Bonchev–Trinajstić information content (AvgIpc) is 3.16. The zero-order valence-electron chi connectivity index (χ0n) is 16.5. The number of aliphatic carboxylic acids is 1. The van der Waals surface area contributed by atoms with Crippen LogP contribution in [0.3, 0.4) is 0 Å². The van der Waals surface area contributed by atoms with Crippen LogP contribution >= 0.6 is 0 Å². The molecule has 5 heteroatoms. The van der Waals surface area contributed by atoms with Crippen LogP contribution in [0.15, 0.2) is 36.4 Å². The number of nitrogens with zero attached hydrogens (tertiary/aromatic N) is 1. The normalized spacial score (nSPS) is 20.0. The fourth-order valence-electron chi connectivity index (χ4n) is 4.59. The van der Waals surface area contributed by atoms with Crippen molar-refractivity contribution in [2.75, 3.05) is 27.3 Å². The van der Waals surface area contributed by atoms with Gasteiger partial charge in [0.2, 0.25) is 0 Å². The van der Waals surface area contributed by atoms with Gasteiger partial charge in [0.05, 0.1) is 20.1 Å². The van der Waals surface area contributed by atoms with E-state index in [2.05, 4.69) is 23.1 Å². The highest BCUT2D eigenvalue weighted by molar-refractivity contribution is 5.70. The number of carboxylic acid groups (broad SMARTS) is 1. The summed E-state index contributed by atoms with van der Waals surface area (Å²) in [6, 6.07) is 13.1. The van der Waals surface area contributed by atoms with Gasteiger partial charge in [-0.25, -0.2) is 0 Å². The second kappa shape index (κ2) is 7.84. The number of rotatable bonds is 5. The smallest absolute Gasteiger partial charge is 0.306 e. The molecule has 1 N–H and O–H groups in total. The largest absolute Gasteiger partial charge is 0.497 e. The van der Waals surface area contributed by atoms with Crippen molar-refractivity contribution in [2.45, 2.75) is 31.7 Å². The molecule has 1 heterocycles. The first-order valence-corrected chi connectivity index (χ1v) is 9.92. The quantitative estimate of drug-likeness (QED) is 0.843. The lowest BCUT2D eigenvalue weighted by atomic mass is 9.94. The maximum absolute atomic E-state index is 11.2. The summed E-state index contributed by atoms with van der Waals surface area (Å²) in [5.41, 5.74) is 5.04. The predicted molar refractivity (Wildman–Crippen MR) is 108 cm³/mol. The number of benzene rings is 2. The van der Waals surface area contributed by atoms with Gasteiger partial charge in [-0.1, -0.05) is 18.2 Å². The third kappa shape index (κ3) is 3.59. The monoisotopic (exact) mass is 381 g/mol. The molecule has 2 aromatic rings. The number of ether oxygens (including phenoxy) is 2. The Bertz CT molecular complexity index is 849. The molecule has 28 heavy (non-hydrogen) atoms. The molecule has 148 valence electrons. The molecule has 1 fully saturated rings. The van der Waals surface area contributed by atoms with E-state index in [4.69, 9.17) is 9.47 Å². The van der Waals surface area contributed by atoms with E-state index in [-0.39, 0.29) is 5.92 Å². The van der Waals surface area contributed by atoms with Crippen molar-refractivity contribution in [1.29, 1.82) is 0 Å². The average molecular weight is 381 g/mol. The van der Waals surface area contributed by atoms with E-state index >= 15 is 0 Å². The minimum Gasteiger partial charge on any atom is -0.497 e. The lowest BCUT2D eigenvalue weighted by Gasteiger charge is -2.35. The number of likely N-dealkylation sites (tertiary alicyclic amines) is 1. The van der Waals surface area contributed by atoms with Crippen LogP contribution in [-0.4, -0.2) is 43.3 Å². The Kier molecular flexibility index (Phi) is 5.27. The second-order valence-electron chi connectivity index (χ2n) is 7.72. The van der Waals surface area contributed by atoms with Crippen LogP contribution in [0.4, 0.5) is 0 Å². The second-order valence-corrected chi connectivity index (χ2v) is 7.72. The molecular formula is C23H27NO4. The lowest BCUT2D eigenvalue weighted by Crippen LogP contribution is -2.38. The van der Waals surface area contributed by atoms with Gasteiger partial charge >= 0.3 is 5.97 Å². The third-order valence-corrected chi connectivity index (χ3v) is 6.19. The summed E-state index contributed by atoms with van der Waals surface area (Å²) < 4.78 is 10.8. The van der Waals surface area contributed by atoms with Gasteiger partial charge in [0.25, 0.3) is 0 Å². The third-order valence-electron chi connectivity index (χ3n) is 6.19. The number of fused-ring (bicyclic) bond motifs is 1. The molecule has 4 rings (SSSR count). The predicted octanol–water partition coefficient (Wildman–Crippen LogP) is 4.15. The molecule has 2 aromatic carbocycles. The molecule has 1 unspecified atom stereocenters. The molecule has 1 saturated heterocycles. The van der Waals surface area contributed by atoms with Crippen molar-refractivity contribution in [3.63, 3.8) is 0 Å². The van der Waals surface area contributed by atoms with Crippen LogP contribution in [-0.2, 0) is 11.2 Å². The van der Waals surface area contributed by atoms with Crippen LogP contribution in [0.25, 0.3) is 11.1 Å². The molecule has 0 saturated carbocycles. The first kappa shape index (κ1) is 18.8. The Balaban J connectivity index is 1.55. The number of hydrogen-bond donors (Lipinski definition) is 1. The van der Waals surface area contributed by atoms with Gasteiger partial charge in [0.1, 0.15) is 11.5 Å². The molecule has 1 atom stereocenters. The van der Waals surface area contributed by atoms with Crippen molar-refractivity contribution in [3.8, 4) is 22.6 Å². The SMILES string of the molecule is COc1cc(OC)cc(-c2ccc3c(c2)CCC3N2CCC(C(=O)O)CC2)c1. The maximum atomic E-state index is 11.2. The lowest BCUT2D eigenvalue weighted by molar-refractivity contribution is -0.143. The van der Waals surface area contributed by atoms with Gasteiger partial charge in [-0.15, -0.1) is 0 Å². The number of carboxylic acids is 1. The van der Waals surface area contributed by atoms with Crippen LogP contribution < -0.4 is 9.47 Å².